The lowest BCUT2D eigenvalue weighted by atomic mass is 10.2. The second-order valence-corrected chi connectivity index (χ2v) is 8.07. The predicted octanol–water partition coefficient (Wildman–Crippen LogP) is 4.08. The van der Waals surface area contributed by atoms with Crippen molar-refractivity contribution in [1.29, 1.82) is 0 Å². The Morgan fingerprint density at radius 2 is 1.87 bits per heavy atom. The maximum atomic E-state index is 12.4. The minimum Gasteiger partial charge on any atom is -0.494 e. The molecule has 10 heteroatoms. The standard InChI is InChI=1S/C21H20N6O2S2/c1-3-12-29-17-10-6-14(7-11-17)18(28)23-20(30)22-16-8-4-15(5-9-16)19-26-27-13(2)24-25-21(27)31-19/h4-11H,3,12H2,1-2H3,(H2,22,23,28,30). The Morgan fingerprint density at radius 1 is 1.13 bits per heavy atom. The Kier molecular flexibility index (Phi) is 6.19. The number of rotatable bonds is 6. The molecule has 0 unspecified atom stereocenters. The van der Waals surface area contributed by atoms with Crippen molar-refractivity contribution in [2.75, 3.05) is 11.9 Å². The number of carbonyl (C=O) groups is 1. The number of fused-ring (bicyclic) bond motifs is 1. The molecule has 158 valence electrons. The van der Waals surface area contributed by atoms with E-state index in [2.05, 4.69) is 25.9 Å². The number of nitrogens with one attached hydrogen (secondary N) is 2. The Labute approximate surface area is 188 Å². The van der Waals surface area contributed by atoms with Crippen molar-refractivity contribution < 1.29 is 9.53 Å². The number of anilines is 1. The molecule has 0 aliphatic carbocycles. The SMILES string of the molecule is CCCOc1ccc(C(=O)NC(=S)Nc2ccc(-c3nn4c(C)nnc4s3)cc2)cc1. The zero-order valence-corrected chi connectivity index (χ0v) is 18.6. The second-order valence-electron chi connectivity index (χ2n) is 6.71. The van der Waals surface area contributed by atoms with Gasteiger partial charge in [0.15, 0.2) is 10.9 Å². The summed E-state index contributed by atoms with van der Waals surface area (Å²) in [5, 5.41) is 19.4. The van der Waals surface area contributed by atoms with Crippen molar-refractivity contribution >= 4 is 45.2 Å². The highest BCUT2D eigenvalue weighted by atomic mass is 32.1. The molecule has 0 atom stereocenters. The van der Waals surface area contributed by atoms with Crippen molar-refractivity contribution in [3.8, 4) is 16.3 Å². The lowest BCUT2D eigenvalue weighted by Crippen LogP contribution is -2.34. The maximum Gasteiger partial charge on any atom is 0.257 e. The van der Waals surface area contributed by atoms with Gasteiger partial charge in [-0.3, -0.25) is 10.1 Å². The van der Waals surface area contributed by atoms with E-state index >= 15 is 0 Å². The Bertz CT molecular complexity index is 1220. The molecule has 4 aromatic rings. The number of hydrogen-bond donors (Lipinski definition) is 2. The summed E-state index contributed by atoms with van der Waals surface area (Å²) in [6.45, 7) is 4.55. The van der Waals surface area contributed by atoms with E-state index in [9.17, 15) is 4.79 Å². The van der Waals surface area contributed by atoms with Crippen LogP contribution >= 0.6 is 23.6 Å². The van der Waals surface area contributed by atoms with Crippen LogP contribution in [-0.2, 0) is 0 Å². The summed E-state index contributed by atoms with van der Waals surface area (Å²) in [5.41, 5.74) is 2.22. The number of aryl methyl sites for hydroxylation is 1. The maximum absolute atomic E-state index is 12.4. The number of ether oxygens (including phenoxy) is 1. The lowest BCUT2D eigenvalue weighted by molar-refractivity contribution is 0.0977. The van der Waals surface area contributed by atoms with Crippen LogP contribution < -0.4 is 15.4 Å². The first-order valence-corrected chi connectivity index (χ1v) is 10.9. The van der Waals surface area contributed by atoms with Gasteiger partial charge < -0.3 is 10.1 Å². The second kappa shape index (κ2) is 9.19. The van der Waals surface area contributed by atoms with Gasteiger partial charge in [0.25, 0.3) is 5.91 Å². The van der Waals surface area contributed by atoms with Gasteiger partial charge in [0, 0.05) is 16.8 Å². The fourth-order valence-electron chi connectivity index (χ4n) is 2.79. The quantitative estimate of drug-likeness (QED) is 0.426. The van der Waals surface area contributed by atoms with Gasteiger partial charge in [-0.1, -0.05) is 18.3 Å². The summed E-state index contributed by atoms with van der Waals surface area (Å²) in [4.78, 5) is 13.2. The number of thiocarbonyl (C=S) groups is 1. The molecule has 1 amide bonds. The van der Waals surface area contributed by atoms with Crippen LogP contribution in [0.25, 0.3) is 15.5 Å². The number of benzene rings is 2. The van der Waals surface area contributed by atoms with E-state index in [4.69, 9.17) is 17.0 Å². The minimum absolute atomic E-state index is 0.221. The third kappa shape index (κ3) is 4.86. The highest BCUT2D eigenvalue weighted by molar-refractivity contribution is 7.80. The van der Waals surface area contributed by atoms with Gasteiger partial charge in [0.05, 0.1) is 6.61 Å². The molecule has 31 heavy (non-hydrogen) atoms. The van der Waals surface area contributed by atoms with Crippen molar-refractivity contribution in [2.24, 2.45) is 0 Å². The average molecular weight is 453 g/mol. The van der Waals surface area contributed by atoms with Gasteiger partial charge >= 0.3 is 0 Å². The molecule has 0 saturated heterocycles. The summed E-state index contributed by atoms with van der Waals surface area (Å²) in [6, 6.07) is 14.6. The average Bonchev–Trinajstić information content (AvgIpc) is 3.35. The summed E-state index contributed by atoms with van der Waals surface area (Å²) in [7, 11) is 0. The fraction of sp³-hybridized carbons (Fsp3) is 0.190. The van der Waals surface area contributed by atoms with Crippen LogP contribution in [0.5, 0.6) is 5.75 Å². The smallest absolute Gasteiger partial charge is 0.257 e. The minimum atomic E-state index is -0.286. The van der Waals surface area contributed by atoms with Crippen LogP contribution in [0, 0.1) is 6.92 Å². The van der Waals surface area contributed by atoms with Crippen molar-refractivity contribution in [3.05, 3.63) is 59.9 Å². The first-order chi connectivity index (χ1) is 15.0. The Hall–Kier alpha value is -3.37. The summed E-state index contributed by atoms with van der Waals surface area (Å²) in [6.07, 6.45) is 0.929. The van der Waals surface area contributed by atoms with E-state index in [0.29, 0.717) is 12.2 Å². The number of aromatic nitrogens is 4. The van der Waals surface area contributed by atoms with Gasteiger partial charge in [-0.25, -0.2) is 0 Å². The van der Waals surface area contributed by atoms with Gasteiger partial charge in [-0.05, 0) is 74.1 Å². The molecule has 0 radical (unpaired) electrons. The molecule has 8 nitrogen and oxygen atoms in total. The molecule has 0 bridgehead atoms. The zero-order chi connectivity index (χ0) is 21.8. The van der Waals surface area contributed by atoms with Crippen LogP contribution in [0.15, 0.2) is 48.5 Å². The molecule has 2 heterocycles. The molecule has 0 aliphatic rings. The van der Waals surface area contributed by atoms with Gasteiger partial charge in [0.2, 0.25) is 4.96 Å². The van der Waals surface area contributed by atoms with Crippen LogP contribution in [-0.4, -0.2) is 37.4 Å². The normalized spacial score (nSPS) is 10.8. The monoisotopic (exact) mass is 452 g/mol. The molecule has 2 aromatic heterocycles. The highest BCUT2D eigenvalue weighted by Crippen LogP contribution is 2.26. The van der Waals surface area contributed by atoms with Crippen LogP contribution in [0.1, 0.15) is 29.5 Å². The van der Waals surface area contributed by atoms with Gasteiger partial charge in [0.1, 0.15) is 10.8 Å². The van der Waals surface area contributed by atoms with E-state index in [1.54, 1.807) is 28.8 Å². The predicted molar refractivity (Wildman–Crippen MR) is 125 cm³/mol. The molecule has 2 N–H and O–H groups in total. The highest BCUT2D eigenvalue weighted by Gasteiger charge is 2.11. The van der Waals surface area contributed by atoms with E-state index in [1.807, 2.05) is 38.1 Å². The number of hydrogen-bond acceptors (Lipinski definition) is 7. The molecule has 0 saturated carbocycles. The molecule has 4 rings (SSSR count). The van der Waals surface area contributed by atoms with Crippen LogP contribution in [0.2, 0.25) is 0 Å². The first kappa shape index (κ1) is 20.9. The molecule has 0 aliphatic heterocycles. The third-order valence-electron chi connectivity index (χ3n) is 4.35. The summed E-state index contributed by atoms with van der Waals surface area (Å²) in [5.74, 6) is 1.20. The molecular weight excluding hydrogens is 432 g/mol. The first-order valence-electron chi connectivity index (χ1n) is 9.68. The lowest BCUT2D eigenvalue weighted by Gasteiger charge is -2.10. The number of carbonyl (C=O) groups excluding carboxylic acids is 1. The van der Waals surface area contributed by atoms with E-state index in [-0.39, 0.29) is 11.0 Å². The van der Waals surface area contributed by atoms with Crippen molar-refractivity contribution in [3.63, 3.8) is 0 Å². The summed E-state index contributed by atoms with van der Waals surface area (Å²) < 4.78 is 7.25. The van der Waals surface area contributed by atoms with Crippen molar-refractivity contribution in [1.82, 2.24) is 25.1 Å². The summed E-state index contributed by atoms with van der Waals surface area (Å²) >= 11 is 6.74. The van der Waals surface area contributed by atoms with E-state index < -0.39 is 0 Å². The van der Waals surface area contributed by atoms with Crippen molar-refractivity contribution in [2.45, 2.75) is 20.3 Å². The van der Waals surface area contributed by atoms with Gasteiger partial charge in [-0.15, -0.1) is 10.2 Å². The van der Waals surface area contributed by atoms with E-state index in [0.717, 1.165) is 39.2 Å². The molecule has 0 fully saturated rings. The molecule has 0 spiro atoms. The number of nitrogens with zero attached hydrogens (tertiary/aromatic N) is 4. The van der Waals surface area contributed by atoms with E-state index in [1.165, 1.54) is 11.3 Å². The van der Waals surface area contributed by atoms with Crippen LogP contribution in [0.4, 0.5) is 5.69 Å². The topological polar surface area (TPSA) is 93.4 Å². The number of amides is 1. The third-order valence-corrected chi connectivity index (χ3v) is 5.50. The molecule has 2 aromatic carbocycles. The largest absolute Gasteiger partial charge is 0.494 e. The zero-order valence-electron chi connectivity index (χ0n) is 17.0. The van der Waals surface area contributed by atoms with Gasteiger partial charge in [-0.2, -0.15) is 9.61 Å². The fourth-order valence-corrected chi connectivity index (χ4v) is 3.89. The van der Waals surface area contributed by atoms with Crippen LogP contribution in [0.3, 0.4) is 0 Å². The Morgan fingerprint density at radius 3 is 2.55 bits per heavy atom. The Balaban J connectivity index is 1.35. The molecular formula is C21H20N6O2S2.